The largest absolute Gasteiger partial charge is 0.494 e. The minimum Gasteiger partial charge on any atom is -0.494 e. The number of hydrogen-bond acceptors (Lipinski definition) is 6. The lowest BCUT2D eigenvalue weighted by Gasteiger charge is -2.19. The molecule has 0 fully saturated rings. The van der Waals surface area contributed by atoms with Crippen molar-refractivity contribution in [3.63, 3.8) is 0 Å². The average Bonchev–Trinajstić information content (AvgIpc) is 3.32. The van der Waals surface area contributed by atoms with Crippen LogP contribution in [0.4, 0.5) is 0 Å². The van der Waals surface area contributed by atoms with Gasteiger partial charge in [0.25, 0.3) is 5.91 Å². The van der Waals surface area contributed by atoms with Crippen molar-refractivity contribution in [2.75, 3.05) is 34.5 Å². The van der Waals surface area contributed by atoms with E-state index in [9.17, 15) is 4.79 Å². The van der Waals surface area contributed by atoms with Crippen LogP contribution in [0.3, 0.4) is 0 Å². The van der Waals surface area contributed by atoms with Crippen LogP contribution in [-0.2, 0) is 18.4 Å². The highest BCUT2D eigenvalue weighted by atomic mass is 16.5. The van der Waals surface area contributed by atoms with Crippen molar-refractivity contribution < 1.29 is 23.7 Å². The first-order valence-corrected chi connectivity index (χ1v) is 14.0. The SMILES string of the molecule is COc1cc(C(=O)NCCc2nc3ccccc3n2CCCCOc2ccc(C(C)(C)C)cc2)cc(OC)c1OC. The maximum Gasteiger partial charge on any atom is 0.251 e. The molecule has 0 unspecified atom stereocenters. The zero-order chi connectivity index (χ0) is 29.4. The molecule has 0 aliphatic carbocycles. The van der Waals surface area contributed by atoms with Crippen molar-refractivity contribution in [2.45, 2.75) is 52.0 Å². The molecule has 0 bridgehead atoms. The number of nitrogens with zero attached hydrogens (tertiary/aromatic N) is 2. The van der Waals surface area contributed by atoms with Gasteiger partial charge in [0.15, 0.2) is 11.5 Å². The first-order chi connectivity index (χ1) is 19.7. The number of carbonyl (C=O) groups is 1. The first kappa shape index (κ1) is 29.8. The van der Waals surface area contributed by atoms with Crippen LogP contribution in [0.5, 0.6) is 23.0 Å². The Labute approximate surface area is 242 Å². The summed E-state index contributed by atoms with van der Waals surface area (Å²) < 4.78 is 24.4. The van der Waals surface area contributed by atoms with E-state index in [0.29, 0.717) is 42.4 Å². The number of ether oxygens (including phenoxy) is 4. The minimum absolute atomic E-state index is 0.128. The summed E-state index contributed by atoms with van der Waals surface area (Å²) in [6.45, 7) is 8.54. The number of unbranched alkanes of at least 4 members (excludes halogenated alkanes) is 1. The molecule has 0 aliphatic heterocycles. The summed E-state index contributed by atoms with van der Waals surface area (Å²) in [6, 6.07) is 19.8. The molecule has 0 saturated heterocycles. The molecule has 4 aromatic rings. The molecular weight excluding hydrogens is 518 g/mol. The van der Waals surface area contributed by atoms with E-state index in [2.05, 4.69) is 61.0 Å². The topological polar surface area (TPSA) is 83.8 Å². The quantitative estimate of drug-likeness (QED) is 0.197. The number of imidazole rings is 1. The Bertz CT molecular complexity index is 1430. The minimum atomic E-state index is -0.223. The van der Waals surface area contributed by atoms with Crippen molar-refractivity contribution in [3.8, 4) is 23.0 Å². The Hall–Kier alpha value is -4.20. The van der Waals surface area contributed by atoms with Gasteiger partial charge < -0.3 is 28.8 Å². The highest BCUT2D eigenvalue weighted by Gasteiger charge is 2.18. The van der Waals surface area contributed by atoms with E-state index in [0.717, 1.165) is 42.0 Å². The molecule has 0 aliphatic rings. The van der Waals surface area contributed by atoms with Crippen LogP contribution in [0.1, 0.15) is 55.4 Å². The number of para-hydroxylation sites is 2. The third-order valence-corrected chi connectivity index (χ3v) is 7.06. The summed E-state index contributed by atoms with van der Waals surface area (Å²) in [5, 5.41) is 3.00. The predicted octanol–water partition coefficient (Wildman–Crippen LogP) is 6.19. The third kappa shape index (κ3) is 7.31. The van der Waals surface area contributed by atoms with Crippen LogP contribution in [0.2, 0.25) is 0 Å². The number of benzene rings is 3. The second-order valence-corrected chi connectivity index (χ2v) is 10.9. The van der Waals surface area contributed by atoms with Crippen LogP contribution in [-0.4, -0.2) is 49.9 Å². The number of amides is 1. The maximum absolute atomic E-state index is 13.0. The fourth-order valence-electron chi connectivity index (χ4n) is 4.78. The number of carbonyl (C=O) groups excluding carboxylic acids is 1. The van der Waals surface area contributed by atoms with Crippen LogP contribution in [0, 0.1) is 0 Å². The molecule has 1 heterocycles. The van der Waals surface area contributed by atoms with Gasteiger partial charge >= 0.3 is 0 Å². The van der Waals surface area contributed by atoms with E-state index in [1.165, 1.54) is 26.9 Å². The Morgan fingerprint density at radius 1 is 0.902 bits per heavy atom. The molecule has 1 amide bonds. The molecule has 3 aromatic carbocycles. The van der Waals surface area contributed by atoms with E-state index < -0.39 is 0 Å². The second-order valence-electron chi connectivity index (χ2n) is 10.9. The molecule has 218 valence electrons. The van der Waals surface area contributed by atoms with Crippen molar-refractivity contribution in [1.29, 1.82) is 0 Å². The maximum atomic E-state index is 13.0. The van der Waals surface area contributed by atoms with Gasteiger partial charge in [-0.3, -0.25) is 4.79 Å². The Morgan fingerprint density at radius 3 is 2.22 bits per heavy atom. The summed E-state index contributed by atoms with van der Waals surface area (Å²) in [4.78, 5) is 17.8. The van der Waals surface area contributed by atoms with Crippen LogP contribution < -0.4 is 24.3 Å². The summed E-state index contributed by atoms with van der Waals surface area (Å²) in [5.74, 6) is 2.93. The number of nitrogens with one attached hydrogen (secondary N) is 1. The number of methoxy groups -OCH3 is 3. The summed E-state index contributed by atoms with van der Waals surface area (Å²) in [6.07, 6.45) is 2.47. The van der Waals surface area contributed by atoms with Crippen LogP contribution in [0.25, 0.3) is 11.0 Å². The number of rotatable bonds is 13. The standard InChI is InChI=1S/C33H41N3O5/c1-33(2,3)24-13-15-25(16-14-24)41-20-10-9-19-36-27-12-8-7-11-26(27)35-30(36)17-18-34-32(37)23-21-28(38-4)31(40-6)29(22-23)39-5/h7-8,11-16,21-22H,9-10,17-20H2,1-6H3,(H,34,37). The second kappa shape index (κ2) is 13.4. The van der Waals surface area contributed by atoms with Crippen LogP contribution >= 0.6 is 0 Å². The zero-order valence-electron chi connectivity index (χ0n) is 25.0. The lowest BCUT2D eigenvalue weighted by molar-refractivity contribution is 0.0953. The fourth-order valence-corrected chi connectivity index (χ4v) is 4.78. The molecule has 8 nitrogen and oxygen atoms in total. The van der Waals surface area contributed by atoms with Gasteiger partial charge in [0.2, 0.25) is 5.75 Å². The van der Waals surface area contributed by atoms with Gasteiger partial charge in [-0.05, 0) is 60.2 Å². The molecule has 8 heteroatoms. The number of hydrogen-bond donors (Lipinski definition) is 1. The smallest absolute Gasteiger partial charge is 0.251 e. The Morgan fingerprint density at radius 2 is 1.59 bits per heavy atom. The van der Waals surface area contributed by atoms with Gasteiger partial charge in [-0.1, -0.05) is 45.0 Å². The van der Waals surface area contributed by atoms with Gasteiger partial charge in [-0.2, -0.15) is 0 Å². The first-order valence-electron chi connectivity index (χ1n) is 14.0. The van der Waals surface area contributed by atoms with Crippen molar-refractivity contribution in [1.82, 2.24) is 14.9 Å². The number of fused-ring (bicyclic) bond motifs is 1. The lowest BCUT2D eigenvalue weighted by atomic mass is 9.87. The Kier molecular flexibility index (Phi) is 9.76. The fraction of sp³-hybridized carbons (Fsp3) is 0.394. The van der Waals surface area contributed by atoms with E-state index in [4.69, 9.17) is 23.9 Å². The van der Waals surface area contributed by atoms with E-state index in [1.54, 1.807) is 12.1 Å². The normalized spacial score (nSPS) is 11.4. The molecular formula is C33H41N3O5. The van der Waals surface area contributed by atoms with Crippen molar-refractivity contribution in [2.24, 2.45) is 0 Å². The summed E-state index contributed by atoms with van der Waals surface area (Å²) in [7, 11) is 4.59. The van der Waals surface area contributed by atoms with Gasteiger partial charge in [0.05, 0.1) is 39.0 Å². The molecule has 4 rings (SSSR count). The predicted molar refractivity (Wildman–Crippen MR) is 162 cm³/mol. The van der Waals surface area contributed by atoms with Crippen LogP contribution in [0.15, 0.2) is 60.7 Å². The molecule has 0 radical (unpaired) electrons. The van der Waals surface area contributed by atoms with Gasteiger partial charge in [0.1, 0.15) is 11.6 Å². The molecule has 0 atom stereocenters. The number of aromatic nitrogens is 2. The summed E-state index contributed by atoms with van der Waals surface area (Å²) in [5.41, 5.74) is 3.90. The third-order valence-electron chi connectivity index (χ3n) is 7.06. The highest BCUT2D eigenvalue weighted by Crippen LogP contribution is 2.38. The zero-order valence-corrected chi connectivity index (χ0v) is 25.0. The molecule has 41 heavy (non-hydrogen) atoms. The van der Waals surface area contributed by atoms with Crippen molar-refractivity contribution >= 4 is 16.9 Å². The molecule has 0 saturated carbocycles. The van der Waals surface area contributed by atoms with E-state index >= 15 is 0 Å². The average molecular weight is 560 g/mol. The van der Waals surface area contributed by atoms with Gasteiger partial charge in [0, 0.05) is 25.1 Å². The van der Waals surface area contributed by atoms with Crippen molar-refractivity contribution in [3.05, 3.63) is 77.6 Å². The van der Waals surface area contributed by atoms with E-state index in [1.807, 2.05) is 18.2 Å². The van der Waals surface area contributed by atoms with E-state index in [-0.39, 0.29) is 11.3 Å². The molecule has 1 N–H and O–H groups in total. The molecule has 1 aromatic heterocycles. The molecule has 0 spiro atoms. The van der Waals surface area contributed by atoms with Gasteiger partial charge in [-0.15, -0.1) is 0 Å². The monoisotopic (exact) mass is 559 g/mol. The number of aryl methyl sites for hydroxylation is 1. The Balaban J connectivity index is 1.34. The summed E-state index contributed by atoms with van der Waals surface area (Å²) >= 11 is 0. The lowest BCUT2D eigenvalue weighted by Crippen LogP contribution is -2.26. The highest BCUT2D eigenvalue weighted by molar-refractivity contribution is 5.95. The van der Waals surface area contributed by atoms with Gasteiger partial charge in [-0.25, -0.2) is 4.98 Å².